The molecule has 2 heterocycles. The third-order valence-corrected chi connectivity index (χ3v) is 3.45. The second kappa shape index (κ2) is 5.27. The van der Waals surface area contributed by atoms with E-state index in [9.17, 15) is 0 Å². The number of hydrogen-bond donors (Lipinski definition) is 1. The van der Waals surface area contributed by atoms with Gasteiger partial charge in [0.25, 0.3) is 0 Å². The molecule has 15 heavy (non-hydrogen) atoms. The van der Waals surface area contributed by atoms with Crippen molar-refractivity contribution in [2.75, 3.05) is 31.1 Å². The Morgan fingerprint density at radius 3 is 2.93 bits per heavy atom. The van der Waals surface area contributed by atoms with E-state index in [-0.39, 0.29) is 0 Å². The smallest absolute Gasteiger partial charge is 0.142 e. The third-order valence-electron chi connectivity index (χ3n) is 2.43. The van der Waals surface area contributed by atoms with Crippen molar-refractivity contribution in [1.82, 2.24) is 10.3 Å². The van der Waals surface area contributed by atoms with Gasteiger partial charge in [-0.2, -0.15) is 0 Å². The van der Waals surface area contributed by atoms with Crippen molar-refractivity contribution < 1.29 is 0 Å². The van der Waals surface area contributed by atoms with Gasteiger partial charge in [0.15, 0.2) is 0 Å². The van der Waals surface area contributed by atoms with E-state index in [1.807, 2.05) is 12.3 Å². The Kier molecular flexibility index (Phi) is 3.99. The molecule has 1 N–H and O–H groups in total. The Morgan fingerprint density at radius 1 is 1.27 bits per heavy atom. The highest BCUT2D eigenvalue weighted by atomic mass is 79.9. The molecule has 0 radical (unpaired) electrons. The molecule has 2 rings (SSSR count). The molecule has 0 unspecified atom stereocenters. The van der Waals surface area contributed by atoms with Gasteiger partial charge in [-0.05, 0) is 50.9 Å². The van der Waals surface area contributed by atoms with Gasteiger partial charge in [0.2, 0.25) is 0 Å². The van der Waals surface area contributed by atoms with Crippen LogP contribution in [0.5, 0.6) is 0 Å². The molecule has 82 valence electrons. The van der Waals surface area contributed by atoms with Crippen LogP contribution in [0.15, 0.2) is 21.2 Å². The predicted octanol–water partition coefficient (Wildman–Crippen LogP) is 2.41. The fourth-order valence-electron chi connectivity index (χ4n) is 1.70. The molecule has 1 aliphatic rings. The van der Waals surface area contributed by atoms with E-state index in [0.29, 0.717) is 0 Å². The highest BCUT2D eigenvalue weighted by Crippen LogP contribution is 2.26. The van der Waals surface area contributed by atoms with Crippen molar-refractivity contribution in [3.05, 3.63) is 21.2 Å². The highest BCUT2D eigenvalue weighted by molar-refractivity contribution is 9.11. The average molecular weight is 335 g/mol. The van der Waals surface area contributed by atoms with E-state index in [1.165, 1.54) is 6.42 Å². The maximum absolute atomic E-state index is 4.45. The SMILES string of the molecule is Brc1cnc(N2CCCNCC2)c(Br)c1. The fraction of sp³-hybridized carbons (Fsp3) is 0.500. The van der Waals surface area contributed by atoms with E-state index in [4.69, 9.17) is 0 Å². The van der Waals surface area contributed by atoms with Crippen LogP contribution in [0, 0.1) is 0 Å². The lowest BCUT2D eigenvalue weighted by Crippen LogP contribution is -2.28. The number of halogens is 2. The first-order valence-electron chi connectivity index (χ1n) is 5.04. The maximum Gasteiger partial charge on any atom is 0.142 e. The summed E-state index contributed by atoms with van der Waals surface area (Å²) in [5.41, 5.74) is 0. The van der Waals surface area contributed by atoms with Crippen LogP contribution < -0.4 is 10.2 Å². The first kappa shape index (κ1) is 11.4. The molecule has 0 atom stereocenters. The molecule has 0 aromatic carbocycles. The van der Waals surface area contributed by atoms with E-state index in [1.54, 1.807) is 0 Å². The molecule has 1 saturated heterocycles. The molecule has 1 aromatic rings. The molecule has 1 fully saturated rings. The second-order valence-corrected chi connectivity index (χ2v) is 5.32. The van der Waals surface area contributed by atoms with Gasteiger partial charge in [0.1, 0.15) is 5.82 Å². The molecule has 0 bridgehead atoms. The van der Waals surface area contributed by atoms with Crippen molar-refractivity contribution >= 4 is 37.7 Å². The molecule has 0 spiro atoms. The Hall–Kier alpha value is -0.130. The van der Waals surface area contributed by atoms with E-state index < -0.39 is 0 Å². The lowest BCUT2D eigenvalue weighted by Gasteiger charge is -2.22. The number of nitrogens with zero attached hydrogens (tertiary/aromatic N) is 2. The van der Waals surface area contributed by atoms with Crippen molar-refractivity contribution in [3.8, 4) is 0 Å². The van der Waals surface area contributed by atoms with Crippen molar-refractivity contribution in [3.63, 3.8) is 0 Å². The van der Waals surface area contributed by atoms with Crippen LogP contribution in [0.25, 0.3) is 0 Å². The van der Waals surface area contributed by atoms with Gasteiger partial charge in [0, 0.05) is 30.3 Å². The molecule has 0 amide bonds. The Morgan fingerprint density at radius 2 is 2.13 bits per heavy atom. The second-order valence-electron chi connectivity index (χ2n) is 3.55. The van der Waals surface area contributed by atoms with Crippen molar-refractivity contribution in [2.24, 2.45) is 0 Å². The number of aromatic nitrogens is 1. The maximum atomic E-state index is 4.45. The van der Waals surface area contributed by atoms with Gasteiger partial charge >= 0.3 is 0 Å². The summed E-state index contributed by atoms with van der Waals surface area (Å²) >= 11 is 6.97. The number of anilines is 1. The lowest BCUT2D eigenvalue weighted by atomic mass is 10.3. The summed E-state index contributed by atoms with van der Waals surface area (Å²) in [7, 11) is 0. The molecule has 3 nitrogen and oxygen atoms in total. The Balaban J connectivity index is 2.19. The summed E-state index contributed by atoms with van der Waals surface area (Å²) in [6.45, 7) is 4.22. The van der Waals surface area contributed by atoms with Crippen LogP contribution in [0.4, 0.5) is 5.82 Å². The molecule has 1 aliphatic heterocycles. The van der Waals surface area contributed by atoms with Crippen LogP contribution in [0.2, 0.25) is 0 Å². The number of pyridine rings is 1. The minimum atomic E-state index is 1.01. The molecule has 1 aromatic heterocycles. The predicted molar refractivity (Wildman–Crippen MR) is 69.3 cm³/mol. The monoisotopic (exact) mass is 333 g/mol. The minimum Gasteiger partial charge on any atom is -0.354 e. The third kappa shape index (κ3) is 2.92. The quantitative estimate of drug-likeness (QED) is 0.854. The molecular formula is C10H13Br2N3. The van der Waals surface area contributed by atoms with Gasteiger partial charge in [0.05, 0.1) is 4.47 Å². The van der Waals surface area contributed by atoms with Crippen LogP contribution >= 0.6 is 31.9 Å². The highest BCUT2D eigenvalue weighted by Gasteiger charge is 2.13. The zero-order valence-corrected chi connectivity index (χ0v) is 11.5. The summed E-state index contributed by atoms with van der Waals surface area (Å²) in [6.07, 6.45) is 3.02. The van der Waals surface area contributed by atoms with E-state index in [0.717, 1.165) is 40.9 Å². The minimum absolute atomic E-state index is 1.01. The molecule has 0 aliphatic carbocycles. The van der Waals surface area contributed by atoms with Crippen LogP contribution in [-0.2, 0) is 0 Å². The van der Waals surface area contributed by atoms with Gasteiger partial charge < -0.3 is 10.2 Å². The van der Waals surface area contributed by atoms with Crippen molar-refractivity contribution in [1.29, 1.82) is 0 Å². The fourth-order valence-corrected chi connectivity index (χ4v) is 2.94. The molecule has 5 heteroatoms. The summed E-state index contributed by atoms with van der Waals surface area (Å²) in [5.74, 6) is 1.04. The standard InChI is InChI=1S/C10H13Br2N3/c11-8-6-9(12)10(14-7-8)15-4-1-2-13-3-5-15/h6-7,13H,1-5H2. The van der Waals surface area contributed by atoms with Crippen molar-refractivity contribution in [2.45, 2.75) is 6.42 Å². The van der Waals surface area contributed by atoms with Gasteiger partial charge in [-0.15, -0.1) is 0 Å². The van der Waals surface area contributed by atoms with Gasteiger partial charge in [-0.1, -0.05) is 0 Å². The van der Waals surface area contributed by atoms with E-state index >= 15 is 0 Å². The Bertz CT molecular complexity index is 335. The normalized spacial score (nSPS) is 17.6. The van der Waals surface area contributed by atoms with Crippen LogP contribution in [0.3, 0.4) is 0 Å². The van der Waals surface area contributed by atoms with E-state index in [2.05, 4.69) is 47.1 Å². The summed E-state index contributed by atoms with van der Waals surface area (Å²) in [5, 5.41) is 3.38. The number of nitrogens with one attached hydrogen (secondary N) is 1. The first-order chi connectivity index (χ1) is 7.27. The molecular weight excluding hydrogens is 322 g/mol. The Labute approximate surface area is 107 Å². The zero-order valence-electron chi connectivity index (χ0n) is 8.34. The zero-order chi connectivity index (χ0) is 10.7. The summed E-state index contributed by atoms with van der Waals surface area (Å²) in [4.78, 5) is 6.76. The average Bonchev–Trinajstić information content (AvgIpc) is 2.46. The van der Waals surface area contributed by atoms with Gasteiger partial charge in [-0.25, -0.2) is 4.98 Å². The van der Waals surface area contributed by atoms with Crippen LogP contribution in [0.1, 0.15) is 6.42 Å². The molecule has 0 saturated carbocycles. The largest absolute Gasteiger partial charge is 0.354 e. The van der Waals surface area contributed by atoms with Gasteiger partial charge in [-0.3, -0.25) is 0 Å². The lowest BCUT2D eigenvalue weighted by molar-refractivity contribution is 0.724. The summed E-state index contributed by atoms with van der Waals surface area (Å²) in [6, 6.07) is 2.04. The first-order valence-corrected chi connectivity index (χ1v) is 6.62. The number of hydrogen-bond acceptors (Lipinski definition) is 3. The topological polar surface area (TPSA) is 28.2 Å². The van der Waals surface area contributed by atoms with Crippen LogP contribution in [-0.4, -0.2) is 31.2 Å². The number of rotatable bonds is 1. The summed E-state index contributed by atoms with van der Waals surface area (Å²) < 4.78 is 2.06.